The van der Waals surface area contributed by atoms with Crippen LogP contribution in [0.3, 0.4) is 0 Å². The molecule has 1 fully saturated rings. The molecule has 1 saturated carbocycles. The van der Waals surface area contributed by atoms with Gasteiger partial charge in [0.25, 0.3) is 5.91 Å². The first-order valence-electron chi connectivity index (χ1n) is 13.0. The monoisotopic (exact) mass is 482 g/mol. The second-order valence-corrected chi connectivity index (χ2v) is 10.1. The van der Waals surface area contributed by atoms with Crippen LogP contribution in [0, 0.1) is 12.8 Å². The first kappa shape index (κ1) is 24.1. The Morgan fingerprint density at radius 3 is 2.50 bits per heavy atom. The summed E-state index contributed by atoms with van der Waals surface area (Å²) in [5.41, 5.74) is 5.35. The van der Waals surface area contributed by atoms with Gasteiger partial charge in [0, 0.05) is 18.2 Å². The minimum absolute atomic E-state index is 0.125. The summed E-state index contributed by atoms with van der Waals surface area (Å²) in [6.07, 6.45) is 4.40. The molecule has 2 amide bonds. The Hall–Kier alpha value is -3.60. The van der Waals surface area contributed by atoms with Crippen molar-refractivity contribution >= 4 is 17.5 Å². The lowest BCUT2D eigenvalue weighted by atomic mass is 9.86. The summed E-state index contributed by atoms with van der Waals surface area (Å²) >= 11 is 0. The SMILES string of the molecule is Cc1cccc(C2c3cc(OC(C)C(=O)Nc4ccccc4)ccc3CCN2C(=O)C2CCCC2)c1. The molecule has 186 valence electrons. The van der Waals surface area contributed by atoms with E-state index in [4.69, 9.17) is 4.74 Å². The summed E-state index contributed by atoms with van der Waals surface area (Å²) in [5.74, 6) is 0.830. The Labute approximate surface area is 213 Å². The molecular weight excluding hydrogens is 448 g/mol. The van der Waals surface area contributed by atoms with Crippen LogP contribution in [-0.2, 0) is 16.0 Å². The van der Waals surface area contributed by atoms with E-state index in [1.54, 1.807) is 6.92 Å². The van der Waals surface area contributed by atoms with E-state index in [-0.39, 0.29) is 23.8 Å². The molecule has 0 bridgehead atoms. The van der Waals surface area contributed by atoms with Crippen molar-refractivity contribution in [3.05, 3.63) is 95.1 Å². The van der Waals surface area contributed by atoms with Gasteiger partial charge in [0.1, 0.15) is 5.75 Å². The summed E-state index contributed by atoms with van der Waals surface area (Å²) in [4.78, 5) is 28.5. The van der Waals surface area contributed by atoms with Gasteiger partial charge in [0.15, 0.2) is 6.10 Å². The average molecular weight is 483 g/mol. The van der Waals surface area contributed by atoms with Crippen molar-refractivity contribution in [2.24, 2.45) is 5.92 Å². The molecule has 3 aromatic carbocycles. The zero-order valence-electron chi connectivity index (χ0n) is 21.1. The Morgan fingerprint density at radius 1 is 0.972 bits per heavy atom. The zero-order valence-corrected chi connectivity index (χ0v) is 21.1. The number of anilines is 1. The van der Waals surface area contributed by atoms with Crippen LogP contribution < -0.4 is 10.1 Å². The second kappa shape index (κ2) is 10.6. The molecule has 0 saturated heterocycles. The molecule has 1 N–H and O–H groups in total. The fourth-order valence-corrected chi connectivity index (χ4v) is 5.53. The number of fused-ring (bicyclic) bond motifs is 1. The van der Waals surface area contributed by atoms with Crippen LogP contribution in [0.5, 0.6) is 5.75 Å². The third kappa shape index (κ3) is 5.15. The lowest BCUT2D eigenvalue weighted by molar-refractivity contribution is -0.137. The summed E-state index contributed by atoms with van der Waals surface area (Å²) in [7, 11) is 0. The second-order valence-electron chi connectivity index (χ2n) is 10.1. The maximum absolute atomic E-state index is 13.6. The predicted molar refractivity (Wildman–Crippen MR) is 142 cm³/mol. The Kier molecular flexibility index (Phi) is 7.08. The van der Waals surface area contributed by atoms with E-state index in [1.807, 2.05) is 42.5 Å². The van der Waals surface area contributed by atoms with Crippen molar-refractivity contribution in [3.8, 4) is 5.75 Å². The maximum Gasteiger partial charge on any atom is 0.265 e. The first-order valence-corrected chi connectivity index (χ1v) is 13.0. The third-order valence-corrected chi connectivity index (χ3v) is 7.41. The number of hydrogen-bond acceptors (Lipinski definition) is 3. The molecule has 1 aliphatic carbocycles. The zero-order chi connectivity index (χ0) is 25.1. The van der Waals surface area contributed by atoms with E-state index < -0.39 is 6.10 Å². The minimum atomic E-state index is -0.666. The largest absolute Gasteiger partial charge is 0.481 e. The number of amides is 2. The topological polar surface area (TPSA) is 58.6 Å². The van der Waals surface area contributed by atoms with Crippen molar-refractivity contribution in [1.29, 1.82) is 0 Å². The standard InChI is InChI=1S/C31H34N2O3/c1-21-9-8-12-25(19-21)29-28-20-27(36-22(2)30(34)32-26-13-4-3-5-14-26)16-15-23(28)17-18-33(29)31(35)24-10-6-7-11-24/h3-5,8-9,12-16,19-20,22,24,29H,6-7,10-11,17-18H2,1-2H3,(H,32,34). The van der Waals surface area contributed by atoms with Crippen molar-refractivity contribution in [3.63, 3.8) is 0 Å². The van der Waals surface area contributed by atoms with Crippen molar-refractivity contribution in [2.45, 2.75) is 58.1 Å². The van der Waals surface area contributed by atoms with Crippen LogP contribution in [-0.4, -0.2) is 29.4 Å². The fourth-order valence-electron chi connectivity index (χ4n) is 5.53. The van der Waals surface area contributed by atoms with Gasteiger partial charge < -0.3 is 15.0 Å². The van der Waals surface area contributed by atoms with Crippen LogP contribution >= 0.6 is 0 Å². The molecule has 5 heteroatoms. The lowest BCUT2D eigenvalue weighted by Gasteiger charge is -2.39. The van der Waals surface area contributed by atoms with Crippen LogP contribution in [0.1, 0.15) is 60.9 Å². The van der Waals surface area contributed by atoms with Crippen LogP contribution in [0.4, 0.5) is 5.69 Å². The van der Waals surface area contributed by atoms with E-state index in [1.165, 1.54) is 11.1 Å². The van der Waals surface area contributed by atoms with Crippen molar-refractivity contribution < 1.29 is 14.3 Å². The molecule has 2 atom stereocenters. The highest BCUT2D eigenvalue weighted by Crippen LogP contribution is 2.40. The quantitative estimate of drug-likeness (QED) is 0.464. The molecular formula is C31H34N2O3. The maximum atomic E-state index is 13.6. The van der Waals surface area contributed by atoms with E-state index in [2.05, 4.69) is 47.5 Å². The number of ether oxygens (including phenoxy) is 1. The van der Waals surface area contributed by atoms with E-state index in [0.717, 1.165) is 55.5 Å². The molecule has 2 aliphatic rings. The number of carbonyl (C=O) groups is 2. The number of hydrogen-bond donors (Lipinski definition) is 1. The van der Waals surface area contributed by atoms with Gasteiger partial charge in [-0.25, -0.2) is 0 Å². The van der Waals surface area contributed by atoms with Gasteiger partial charge in [-0.15, -0.1) is 0 Å². The number of carbonyl (C=O) groups excluding carboxylic acids is 2. The van der Waals surface area contributed by atoms with Crippen molar-refractivity contribution in [2.75, 3.05) is 11.9 Å². The van der Waals surface area contributed by atoms with E-state index in [9.17, 15) is 9.59 Å². The van der Waals surface area contributed by atoms with Gasteiger partial charge in [-0.05, 0) is 74.1 Å². The molecule has 3 aromatic rings. The summed E-state index contributed by atoms with van der Waals surface area (Å²) in [6.45, 7) is 4.56. The Bertz CT molecular complexity index is 1230. The van der Waals surface area contributed by atoms with E-state index >= 15 is 0 Å². The van der Waals surface area contributed by atoms with Gasteiger partial charge in [0.2, 0.25) is 5.91 Å². The Balaban J connectivity index is 1.43. The molecule has 5 nitrogen and oxygen atoms in total. The van der Waals surface area contributed by atoms with Gasteiger partial charge in [-0.2, -0.15) is 0 Å². The molecule has 0 aromatic heterocycles. The highest BCUT2D eigenvalue weighted by atomic mass is 16.5. The smallest absolute Gasteiger partial charge is 0.265 e. The third-order valence-electron chi connectivity index (χ3n) is 7.41. The summed E-state index contributed by atoms with van der Waals surface area (Å²) in [5, 5.41) is 2.90. The lowest BCUT2D eigenvalue weighted by Crippen LogP contribution is -2.43. The number of para-hydroxylation sites is 1. The van der Waals surface area contributed by atoms with E-state index in [0.29, 0.717) is 5.75 Å². The van der Waals surface area contributed by atoms with Crippen LogP contribution in [0.2, 0.25) is 0 Å². The highest BCUT2D eigenvalue weighted by molar-refractivity contribution is 5.94. The number of rotatable bonds is 6. The normalized spacial score (nSPS) is 18.4. The molecule has 5 rings (SSSR count). The van der Waals surface area contributed by atoms with Crippen LogP contribution in [0.15, 0.2) is 72.8 Å². The average Bonchev–Trinajstić information content (AvgIpc) is 3.43. The summed E-state index contributed by atoms with van der Waals surface area (Å²) < 4.78 is 6.10. The van der Waals surface area contributed by atoms with Crippen LogP contribution in [0.25, 0.3) is 0 Å². The number of nitrogens with one attached hydrogen (secondary N) is 1. The molecule has 0 radical (unpaired) electrons. The van der Waals surface area contributed by atoms with Crippen molar-refractivity contribution in [1.82, 2.24) is 4.90 Å². The Morgan fingerprint density at radius 2 is 1.75 bits per heavy atom. The number of aryl methyl sites for hydroxylation is 1. The molecule has 36 heavy (non-hydrogen) atoms. The fraction of sp³-hybridized carbons (Fsp3) is 0.355. The number of benzene rings is 3. The molecule has 0 spiro atoms. The first-order chi connectivity index (χ1) is 17.5. The predicted octanol–water partition coefficient (Wildman–Crippen LogP) is 6.07. The molecule has 1 heterocycles. The van der Waals surface area contributed by atoms with Gasteiger partial charge in [0.05, 0.1) is 6.04 Å². The van der Waals surface area contributed by atoms with Gasteiger partial charge in [-0.3, -0.25) is 9.59 Å². The highest BCUT2D eigenvalue weighted by Gasteiger charge is 2.36. The minimum Gasteiger partial charge on any atom is -0.481 e. The summed E-state index contributed by atoms with van der Waals surface area (Å²) in [6, 6.07) is 23.7. The number of nitrogens with zero attached hydrogens (tertiary/aromatic N) is 1. The van der Waals surface area contributed by atoms with Gasteiger partial charge >= 0.3 is 0 Å². The molecule has 1 aliphatic heterocycles. The van der Waals surface area contributed by atoms with Gasteiger partial charge in [-0.1, -0.05) is 66.9 Å². The molecule has 2 unspecified atom stereocenters.